The van der Waals surface area contributed by atoms with Gasteiger partial charge in [0.05, 0.1) is 11.4 Å². The zero-order valence-corrected chi connectivity index (χ0v) is 11.1. The number of aliphatic hydroxyl groups excluding tert-OH is 1. The first-order valence-corrected chi connectivity index (χ1v) is 5.90. The van der Waals surface area contributed by atoms with Crippen LogP contribution in [0.25, 0.3) is 0 Å². The van der Waals surface area contributed by atoms with Gasteiger partial charge in [0.2, 0.25) is 0 Å². The molecule has 0 fully saturated rings. The largest absolute Gasteiger partial charge is 0.397 e. The molecule has 0 unspecified atom stereocenters. The van der Waals surface area contributed by atoms with Crippen LogP contribution in [-0.4, -0.2) is 30.2 Å². The van der Waals surface area contributed by atoms with E-state index in [4.69, 9.17) is 10.8 Å². The Morgan fingerprint density at radius 1 is 1.44 bits per heavy atom. The van der Waals surface area contributed by atoms with Crippen LogP contribution in [0, 0.1) is 0 Å². The molecule has 100 valence electrons. The zero-order valence-electron chi connectivity index (χ0n) is 11.1. The van der Waals surface area contributed by atoms with E-state index < -0.39 is 0 Å². The normalized spacial score (nSPS) is 11.1. The van der Waals surface area contributed by atoms with E-state index in [9.17, 15) is 4.79 Å². The molecule has 5 heteroatoms. The maximum Gasteiger partial charge on any atom is 0.251 e. The number of nitrogens with two attached hydrogens (primary N) is 1. The van der Waals surface area contributed by atoms with E-state index in [1.54, 1.807) is 25.2 Å². The van der Waals surface area contributed by atoms with Crippen molar-refractivity contribution in [1.29, 1.82) is 0 Å². The summed E-state index contributed by atoms with van der Waals surface area (Å²) in [5.74, 6) is -0.164. The van der Waals surface area contributed by atoms with E-state index in [0.717, 1.165) is 5.69 Å². The van der Waals surface area contributed by atoms with Gasteiger partial charge in [-0.1, -0.05) is 0 Å². The summed E-state index contributed by atoms with van der Waals surface area (Å²) in [6, 6.07) is 5.13. The summed E-state index contributed by atoms with van der Waals surface area (Å²) in [7, 11) is 1.58. The molecule has 0 heterocycles. The fourth-order valence-electron chi connectivity index (χ4n) is 1.67. The van der Waals surface area contributed by atoms with Crippen molar-refractivity contribution in [2.45, 2.75) is 25.8 Å². The number of rotatable bonds is 5. The first-order chi connectivity index (χ1) is 8.39. The van der Waals surface area contributed by atoms with E-state index in [2.05, 4.69) is 10.6 Å². The average Bonchev–Trinajstić information content (AvgIpc) is 2.30. The number of aliphatic hydroxyl groups is 1. The van der Waals surface area contributed by atoms with Crippen molar-refractivity contribution >= 4 is 17.3 Å². The summed E-state index contributed by atoms with van der Waals surface area (Å²) >= 11 is 0. The molecule has 0 saturated carbocycles. The number of amides is 1. The molecule has 0 aliphatic rings. The lowest BCUT2D eigenvalue weighted by atomic mass is 10.00. The van der Waals surface area contributed by atoms with Gasteiger partial charge >= 0.3 is 0 Å². The fourth-order valence-corrected chi connectivity index (χ4v) is 1.67. The smallest absolute Gasteiger partial charge is 0.251 e. The Bertz CT molecular complexity index is 430. The number of carbonyl (C=O) groups excluding carboxylic acids is 1. The Balaban J connectivity index is 2.89. The van der Waals surface area contributed by atoms with Gasteiger partial charge in [-0.15, -0.1) is 0 Å². The topological polar surface area (TPSA) is 87.4 Å². The number of hydrogen-bond acceptors (Lipinski definition) is 4. The molecule has 0 aromatic heterocycles. The van der Waals surface area contributed by atoms with Crippen molar-refractivity contribution in [3.8, 4) is 0 Å². The third-order valence-corrected chi connectivity index (χ3v) is 2.75. The Morgan fingerprint density at radius 3 is 2.61 bits per heavy atom. The Kier molecular flexibility index (Phi) is 4.55. The number of nitrogen functional groups attached to an aromatic ring is 1. The molecule has 0 bridgehead atoms. The highest BCUT2D eigenvalue weighted by molar-refractivity contribution is 5.95. The summed E-state index contributed by atoms with van der Waals surface area (Å²) in [6.45, 7) is 4.07. The Morgan fingerprint density at radius 2 is 2.11 bits per heavy atom. The lowest BCUT2D eigenvalue weighted by Gasteiger charge is -2.27. The van der Waals surface area contributed by atoms with Gasteiger partial charge in [-0.2, -0.15) is 0 Å². The van der Waals surface area contributed by atoms with Gasteiger partial charge in [0.25, 0.3) is 5.91 Å². The number of hydrogen-bond donors (Lipinski definition) is 4. The highest BCUT2D eigenvalue weighted by Crippen LogP contribution is 2.24. The number of benzene rings is 1. The number of nitrogens with one attached hydrogen (secondary N) is 2. The monoisotopic (exact) mass is 251 g/mol. The first kappa shape index (κ1) is 14.3. The predicted molar refractivity (Wildman–Crippen MR) is 73.6 cm³/mol. The van der Waals surface area contributed by atoms with Gasteiger partial charge in [0, 0.05) is 24.8 Å². The molecule has 1 aromatic rings. The third kappa shape index (κ3) is 3.63. The van der Waals surface area contributed by atoms with E-state index in [1.165, 1.54) is 0 Å². The standard InChI is InChI=1S/C13H21N3O2/c1-13(2,6-7-17)16-11-5-4-9(8-10(11)14)12(18)15-3/h4-5,8,16-17H,6-7,14H2,1-3H3,(H,15,18). The summed E-state index contributed by atoms with van der Waals surface area (Å²) in [4.78, 5) is 11.4. The minimum Gasteiger partial charge on any atom is -0.397 e. The van der Waals surface area contributed by atoms with Gasteiger partial charge < -0.3 is 21.5 Å². The minimum absolute atomic E-state index is 0.107. The molecule has 0 aliphatic heterocycles. The Labute approximate surface area is 107 Å². The third-order valence-electron chi connectivity index (χ3n) is 2.75. The van der Waals surface area contributed by atoms with Gasteiger partial charge in [0.15, 0.2) is 0 Å². The molecule has 1 rings (SSSR count). The predicted octanol–water partition coefficient (Wildman–Crippen LogP) is 1.20. The molecule has 1 aromatic carbocycles. The number of carbonyl (C=O) groups is 1. The van der Waals surface area contributed by atoms with Crippen LogP contribution < -0.4 is 16.4 Å². The number of anilines is 2. The molecular weight excluding hydrogens is 230 g/mol. The van der Waals surface area contributed by atoms with Crippen LogP contribution in [0.15, 0.2) is 18.2 Å². The molecule has 0 aliphatic carbocycles. The van der Waals surface area contributed by atoms with Gasteiger partial charge in [-0.25, -0.2) is 0 Å². The second-order valence-electron chi connectivity index (χ2n) is 4.86. The molecule has 18 heavy (non-hydrogen) atoms. The summed E-state index contributed by atoms with van der Waals surface area (Å²) in [6.07, 6.45) is 0.615. The molecule has 5 N–H and O–H groups in total. The average molecular weight is 251 g/mol. The second-order valence-corrected chi connectivity index (χ2v) is 4.86. The maximum atomic E-state index is 11.4. The molecule has 0 radical (unpaired) electrons. The van der Waals surface area contributed by atoms with Crippen molar-refractivity contribution in [2.75, 3.05) is 24.7 Å². The molecule has 0 atom stereocenters. The van der Waals surface area contributed by atoms with Gasteiger partial charge in [0.1, 0.15) is 0 Å². The molecule has 1 amide bonds. The summed E-state index contributed by atoms with van der Waals surface area (Å²) in [5.41, 5.74) is 7.47. The van der Waals surface area contributed by atoms with Crippen LogP contribution in [-0.2, 0) is 0 Å². The maximum absolute atomic E-state index is 11.4. The van der Waals surface area contributed by atoms with E-state index in [0.29, 0.717) is 17.7 Å². The summed E-state index contributed by atoms with van der Waals surface area (Å²) in [5, 5.41) is 14.8. The highest BCUT2D eigenvalue weighted by Gasteiger charge is 2.18. The fraction of sp³-hybridized carbons (Fsp3) is 0.462. The van der Waals surface area contributed by atoms with Crippen LogP contribution in [0.1, 0.15) is 30.6 Å². The van der Waals surface area contributed by atoms with Crippen molar-refractivity contribution in [3.63, 3.8) is 0 Å². The van der Waals surface area contributed by atoms with E-state index in [1.807, 2.05) is 13.8 Å². The van der Waals surface area contributed by atoms with Gasteiger partial charge in [-0.3, -0.25) is 4.79 Å². The van der Waals surface area contributed by atoms with Crippen LogP contribution in [0.5, 0.6) is 0 Å². The lowest BCUT2D eigenvalue weighted by molar-refractivity contribution is 0.0963. The minimum atomic E-state index is -0.253. The van der Waals surface area contributed by atoms with E-state index in [-0.39, 0.29) is 18.1 Å². The van der Waals surface area contributed by atoms with Crippen LogP contribution in [0.2, 0.25) is 0 Å². The van der Waals surface area contributed by atoms with Crippen molar-refractivity contribution in [2.24, 2.45) is 0 Å². The molecular formula is C13H21N3O2. The highest BCUT2D eigenvalue weighted by atomic mass is 16.3. The van der Waals surface area contributed by atoms with E-state index >= 15 is 0 Å². The van der Waals surface area contributed by atoms with Crippen molar-refractivity contribution in [1.82, 2.24) is 5.32 Å². The molecule has 0 saturated heterocycles. The second kappa shape index (κ2) is 5.73. The van der Waals surface area contributed by atoms with Crippen molar-refractivity contribution in [3.05, 3.63) is 23.8 Å². The van der Waals surface area contributed by atoms with Crippen LogP contribution in [0.4, 0.5) is 11.4 Å². The van der Waals surface area contributed by atoms with Crippen LogP contribution >= 0.6 is 0 Å². The zero-order chi connectivity index (χ0) is 13.8. The quantitative estimate of drug-likeness (QED) is 0.592. The lowest BCUT2D eigenvalue weighted by Crippen LogP contribution is -2.32. The summed E-state index contributed by atoms with van der Waals surface area (Å²) < 4.78 is 0. The van der Waals surface area contributed by atoms with Crippen molar-refractivity contribution < 1.29 is 9.90 Å². The van der Waals surface area contributed by atoms with Gasteiger partial charge in [-0.05, 0) is 38.5 Å². The first-order valence-electron chi connectivity index (χ1n) is 5.90. The SMILES string of the molecule is CNC(=O)c1ccc(NC(C)(C)CCO)c(N)c1. The molecule has 0 spiro atoms. The molecule has 5 nitrogen and oxygen atoms in total. The Hall–Kier alpha value is -1.75. The van der Waals surface area contributed by atoms with Crippen LogP contribution in [0.3, 0.4) is 0 Å².